The molecular weight excluding hydrogens is 440 g/mol. The zero-order valence-corrected chi connectivity index (χ0v) is 19.3. The molecule has 0 saturated carbocycles. The van der Waals surface area contributed by atoms with Crippen molar-refractivity contribution >= 4 is 32.8 Å². The summed E-state index contributed by atoms with van der Waals surface area (Å²) in [6, 6.07) is 40.9. The van der Waals surface area contributed by atoms with Crippen molar-refractivity contribution in [3.8, 4) is 33.9 Å². The molecule has 7 aromatic rings. The monoisotopic (exact) mass is 460 g/mol. The van der Waals surface area contributed by atoms with Crippen LogP contribution in [-0.2, 0) is 0 Å². The summed E-state index contributed by atoms with van der Waals surface area (Å²) in [6.45, 7) is 0. The van der Waals surface area contributed by atoms with Gasteiger partial charge in [-0.2, -0.15) is 0 Å². The summed E-state index contributed by atoms with van der Waals surface area (Å²) in [5.74, 6) is 0. The van der Waals surface area contributed by atoms with E-state index in [0.717, 1.165) is 66.7 Å². The van der Waals surface area contributed by atoms with Gasteiger partial charge < -0.3 is 0 Å². The summed E-state index contributed by atoms with van der Waals surface area (Å²) in [6.07, 6.45) is 0. The molecule has 0 aliphatic carbocycles. The van der Waals surface area contributed by atoms with E-state index in [1.54, 1.807) is 0 Å². The Balaban J connectivity index is 1.49. The van der Waals surface area contributed by atoms with Crippen LogP contribution in [0.15, 0.2) is 121 Å². The van der Waals surface area contributed by atoms with E-state index in [2.05, 4.69) is 54.6 Å². The third-order valence-corrected chi connectivity index (χ3v) is 6.45. The van der Waals surface area contributed by atoms with E-state index >= 15 is 0 Å². The van der Waals surface area contributed by atoms with Crippen LogP contribution < -0.4 is 0 Å². The minimum Gasteiger partial charge on any atom is -0.245 e. The molecule has 0 bridgehead atoms. The highest BCUT2D eigenvalue weighted by Crippen LogP contribution is 2.33. The number of para-hydroxylation sites is 2. The number of pyridine rings is 2. The highest BCUT2D eigenvalue weighted by atomic mass is 14.9. The van der Waals surface area contributed by atoms with Crippen molar-refractivity contribution in [2.45, 2.75) is 0 Å². The normalized spacial score (nSPS) is 11.3. The van der Waals surface area contributed by atoms with E-state index in [1.807, 2.05) is 66.7 Å². The molecule has 0 N–H and O–H groups in total. The van der Waals surface area contributed by atoms with Crippen LogP contribution in [0.4, 0.5) is 0 Å². The van der Waals surface area contributed by atoms with Crippen LogP contribution in [0.5, 0.6) is 0 Å². The molecule has 0 saturated heterocycles. The van der Waals surface area contributed by atoms with Crippen molar-refractivity contribution in [2.75, 3.05) is 0 Å². The number of rotatable bonds is 3. The second-order valence-corrected chi connectivity index (χ2v) is 8.74. The Bertz CT molecular complexity index is 1880. The lowest BCUT2D eigenvalue weighted by Gasteiger charge is -2.11. The zero-order chi connectivity index (χ0) is 23.9. The van der Waals surface area contributed by atoms with Gasteiger partial charge in [0.2, 0.25) is 0 Å². The van der Waals surface area contributed by atoms with Gasteiger partial charge in [-0.15, -0.1) is 0 Å². The number of aromatic nitrogens is 4. The second kappa shape index (κ2) is 8.36. The van der Waals surface area contributed by atoms with E-state index in [0.29, 0.717) is 0 Å². The van der Waals surface area contributed by atoms with Gasteiger partial charge >= 0.3 is 0 Å². The van der Waals surface area contributed by atoms with Crippen LogP contribution in [0.1, 0.15) is 0 Å². The molecule has 0 spiro atoms. The molecule has 4 nitrogen and oxygen atoms in total. The molecule has 0 unspecified atom stereocenters. The lowest BCUT2D eigenvalue weighted by Crippen LogP contribution is -1.98. The number of hydrogen-bond donors (Lipinski definition) is 0. The maximum atomic E-state index is 5.14. The molecule has 0 atom stereocenters. The van der Waals surface area contributed by atoms with Gasteiger partial charge in [0.05, 0.1) is 39.1 Å². The Labute approximate surface area is 208 Å². The van der Waals surface area contributed by atoms with Gasteiger partial charge in [0.1, 0.15) is 5.69 Å². The maximum absolute atomic E-state index is 5.14. The zero-order valence-electron chi connectivity index (χ0n) is 19.3. The predicted molar refractivity (Wildman–Crippen MR) is 146 cm³/mol. The molecule has 36 heavy (non-hydrogen) atoms. The fraction of sp³-hybridized carbons (Fsp3) is 0. The molecule has 4 heteroatoms. The van der Waals surface area contributed by atoms with Gasteiger partial charge in [-0.1, -0.05) is 97.1 Å². The predicted octanol–water partition coefficient (Wildman–Crippen LogP) is 7.73. The molecule has 0 fully saturated rings. The summed E-state index contributed by atoms with van der Waals surface area (Å²) in [4.78, 5) is 20.2. The largest absolute Gasteiger partial charge is 0.245 e. The Morgan fingerprint density at radius 2 is 0.806 bits per heavy atom. The summed E-state index contributed by atoms with van der Waals surface area (Å²) >= 11 is 0. The average molecular weight is 461 g/mol. The number of fused-ring (bicyclic) bond motifs is 4. The first kappa shape index (κ1) is 20.4. The fourth-order valence-corrected chi connectivity index (χ4v) is 4.65. The van der Waals surface area contributed by atoms with Crippen LogP contribution in [0.25, 0.3) is 66.7 Å². The highest BCUT2D eigenvalue weighted by Gasteiger charge is 2.16. The SMILES string of the molecule is c1ccc(-c2ccc3ccc4ccc(-c5nc6ccccc6nc5-c5ccccc5)nc4c3n2)cc1. The van der Waals surface area contributed by atoms with Crippen molar-refractivity contribution in [3.05, 3.63) is 121 Å². The molecule has 0 aliphatic heterocycles. The van der Waals surface area contributed by atoms with Gasteiger partial charge in [-0.3, -0.25) is 0 Å². The van der Waals surface area contributed by atoms with E-state index in [1.165, 1.54) is 0 Å². The third-order valence-electron chi connectivity index (χ3n) is 6.45. The average Bonchev–Trinajstić information content (AvgIpc) is 2.97. The Kier molecular flexibility index (Phi) is 4.74. The number of benzene rings is 4. The van der Waals surface area contributed by atoms with E-state index in [-0.39, 0.29) is 0 Å². The van der Waals surface area contributed by atoms with E-state index < -0.39 is 0 Å². The van der Waals surface area contributed by atoms with Crippen LogP contribution in [0.2, 0.25) is 0 Å². The number of nitrogens with zero attached hydrogens (tertiary/aromatic N) is 4. The Morgan fingerprint density at radius 3 is 1.44 bits per heavy atom. The van der Waals surface area contributed by atoms with Crippen molar-refractivity contribution in [1.29, 1.82) is 0 Å². The van der Waals surface area contributed by atoms with Gasteiger partial charge in [-0.05, 0) is 24.3 Å². The molecule has 168 valence electrons. The summed E-state index contributed by atoms with van der Waals surface area (Å²) < 4.78 is 0. The summed E-state index contributed by atoms with van der Waals surface area (Å²) in [5, 5.41) is 2.10. The fourth-order valence-electron chi connectivity index (χ4n) is 4.65. The van der Waals surface area contributed by atoms with Gasteiger partial charge in [0.15, 0.2) is 0 Å². The molecule has 3 aromatic heterocycles. The molecule has 0 amide bonds. The molecule has 7 rings (SSSR count). The standard InChI is InChI=1S/C32H20N4/c1-3-9-21(10-4-1)25-19-17-23-15-16-24-18-20-28(36-30(24)29(23)33-25)32-31(22-11-5-2-6-12-22)34-26-13-7-8-14-27(26)35-32/h1-20H. The van der Waals surface area contributed by atoms with Gasteiger partial charge in [0, 0.05) is 21.9 Å². The lowest BCUT2D eigenvalue weighted by atomic mass is 10.0. The Hall–Kier alpha value is -4.96. The quantitative estimate of drug-likeness (QED) is 0.253. The Morgan fingerprint density at radius 1 is 0.333 bits per heavy atom. The smallest absolute Gasteiger partial charge is 0.116 e. The molecular formula is C32H20N4. The minimum atomic E-state index is 0.762. The van der Waals surface area contributed by atoms with Crippen LogP contribution in [-0.4, -0.2) is 19.9 Å². The highest BCUT2D eigenvalue weighted by molar-refractivity contribution is 6.04. The lowest BCUT2D eigenvalue weighted by molar-refractivity contribution is 1.26. The van der Waals surface area contributed by atoms with Gasteiger partial charge in [-0.25, -0.2) is 19.9 Å². The van der Waals surface area contributed by atoms with Crippen molar-refractivity contribution in [2.24, 2.45) is 0 Å². The molecule has 0 radical (unpaired) electrons. The summed E-state index contributed by atoms with van der Waals surface area (Å²) in [7, 11) is 0. The first-order valence-electron chi connectivity index (χ1n) is 11.9. The van der Waals surface area contributed by atoms with E-state index in [9.17, 15) is 0 Å². The molecule has 3 heterocycles. The van der Waals surface area contributed by atoms with Crippen LogP contribution >= 0.6 is 0 Å². The van der Waals surface area contributed by atoms with E-state index in [4.69, 9.17) is 19.9 Å². The first-order chi connectivity index (χ1) is 17.8. The molecule has 0 aliphatic rings. The minimum absolute atomic E-state index is 0.762. The van der Waals surface area contributed by atoms with Crippen molar-refractivity contribution < 1.29 is 0 Å². The third kappa shape index (κ3) is 3.48. The van der Waals surface area contributed by atoms with Crippen molar-refractivity contribution in [3.63, 3.8) is 0 Å². The second-order valence-electron chi connectivity index (χ2n) is 8.74. The van der Waals surface area contributed by atoms with Crippen molar-refractivity contribution in [1.82, 2.24) is 19.9 Å². The van der Waals surface area contributed by atoms with Crippen LogP contribution in [0, 0.1) is 0 Å². The van der Waals surface area contributed by atoms with Gasteiger partial charge in [0.25, 0.3) is 0 Å². The molecule has 4 aromatic carbocycles. The topological polar surface area (TPSA) is 51.6 Å². The summed E-state index contributed by atoms with van der Waals surface area (Å²) in [5.41, 5.74) is 8.82. The first-order valence-corrected chi connectivity index (χ1v) is 11.9. The maximum Gasteiger partial charge on any atom is 0.116 e. The number of hydrogen-bond acceptors (Lipinski definition) is 4. The van der Waals surface area contributed by atoms with Crippen LogP contribution in [0.3, 0.4) is 0 Å².